The summed E-state index contributed by atoms with van der Waals surface area (Å²) >= 11 is 1.92. The Morgan fingerprint density at radius 2 is 1.83 bits per heavy atom. The Morgan fingerprint density at radius 3 is 2.46 bits per heavy atom. The molecule has 0 fully saturated rings. The molecule has 0 radical (unpaired) electrons. The van der Waals surface area contributed by atoms with Gasteiger partial charge in [0.25, 0.3) is 11.8 Å². The van der Waals surface area contributed by atoms with E-state index < -0.39 is 0 Å². The molecule has 4 nitrogen and oxygen atoms in total. The fourth-order valence-electron chi connectivity index (χ4n) is 2.30. The first kappa shape index (κ1) is 18.4. The Labute approximate surface area is 154 Å². The Kier molecular flexibility index (Phi) is 6.30. The van der Waals surface area contributed by atoms with Gasteiger partial charge in [-0.25, -0.2) is 4.39 Å². The fourth-order valence-corrected chi connectivity index (χ4v) is 3.02. The highest BCUT2D eigenvalue weighted by atomic mass is 127. The third kappa shape index (κ3) is 4.31. The normalized spacial score (nSPS) is 10.3. The number of amides is 2. The number of benzene rings is 2. The lowest BCUT2D eigenvalue weighted by molar-refractivity contribution is 0.0772. The van der Waals surface area contributed by atoms with Crippen LogP contribution in [0.15, 0.2) is 42.5 Å². The number of nitrogens with one attached hydrogen (secondary N) is 1. The molecule has 0 aromatic heterocycles. The average molecular weight is 440 g/mol. The summed E-state index contributed by atoms with van der Waals surface area (Å²) in [5.74, 6) is -0.804. The number of hydrogen-bond acceptors (Lipinski definition) is 2. The summed E-state index contributed by atoms with van der Waals surface area (Å²) in [5, 5.41) is 2.75. The van der Waals surface area contributed by atoms with Gasteiger partial charge in [-0.05, 0) is 72.8 Å². The van der Waals surface area contributed by atoms with Gasteiger partial charge in [0, 0.05) is 27.9 Å². The van der Waals surface area contributed by atoms with Gasteiger partial charge in [-0.1, -0.05) is 6.07 Å². The molecule has 24 heavy (non-hydrogen) atoms. The second-order valence-electron chi connectivity index (χ2n) is 5.14. The van der Waals surface area contributed by atoms with Crippen LogP contribution in [-0.2, 0) is 0 Å². The highest BCUT2D eigenvalue weighted by molar-refractivity contribution is 14.1. The van der Waals surface area contributed by atoms with Crippen LogP contribution < -0.4 is 5.32 Å². The minimum atomic E-state index is -0.386. The topological polar surface area (TPSA) is 49.4 Å². The Bertz CT molecular complexity index is 760. The van der Waals surface area contributed by atoms with Crippen LogP contribution in [0.2, 0.25) is 0 Å². The van der Waals surface area contributed by atoms with Gasteiger partial charge in [0.05, 0.1) is 5.56 Å². The molecule has 1 N–H and O–H groups in total. The minimum Gasteiger partial charge on any atom is -0.339 e. The van der Waals surface area contributed by atoms with E-state index in [1.54, 1.807) is 29.2 Å². The van der Waals surface area contributed by atoms with Crippen molar-refractivity contribution in [3.63, 3.8) is 0 Å². The Hall–Kier alpha value is -1.96. The molecule has 2 rings (SSSR count). The van der Waals surface area contributed by atoms with Crippen LogP contribution in [0.3, 0.4) is 0 Å². The molecule has 0 atom stereocenters. The van der Waals surface area contributed by atoms with Crippen molar-refractivity contribution in [2.45, 2.75) is 13.8 Å². The molecule has 2 aromatic carbocycles. The molecule has 0 heterocycles. The molecular formula is C18H18FIN2O2. The molecule has 0 spiro atoms. The number of nitrogens with zero attached hydrogens (tertiary/aromatic N) is 1. The SMILES string of the molecule is CCN(CC)C(=O)c1cccc(NC(=O)c2ccc(F)cc2I)c1. The third-order valence-corrected chi connectivity index (χ3v) is 4.49. The smallest absolute Gasteiger partial charge is 0.256 e. The summed E-state index contributed by atoms with van der Waals surface area (Å²) < 4.78 is 13.7. The van der Waals surface area contributed by atoms with Crippen molar-refractivity contribution in [2.24, 2.45) is 0 Å². The van der Waals surface area contributed by atoms with Gasteiger partial charge in [-0.15, -0.1) is 0 Å². The molecule has 0 unspecified atom stereocenters. The van der Waals surface area contributed by atoms with Crippen LogP contribution in [0.25, 0.3) is 0 Å². The number of carbonyl (C=O) groups is 2. The molecule has 0 saturated heterocycles. The molecule has 0 aliphatic carbocycles. The van der Waals surface area contributed by atoms with Gasteiger partial charge in [-0.3, -0.25) is 9.59 Å². The summed E-state index contributed by atoms with van der Waals surface area (Å²) in [6.07, 6.45) is 0. The van der Waals surface area contributed by atoms with E-state index in [1.165, 1.54) is 18.2 Å². The number of halogens is 2. The number of hydrogen-bond donors (Lipinski definition) is 1. The lowest BCUT2D eigenvalue weighted by Crippen LogP contribution is -2.30. The summed E-state index contributed by atoms with van der Waals surface area (Å²) in [4.78, 5) is 26.4. The van der Waals surface area contributed by atoms with Gasteiger partial charge in [0.15, 0.2) is 0 Å². The lowest BCUT2D eigenvalue weighted by Gasteiger charge is -2.19. The number of anilines is 1. The monoisotopic (exact) mass is 440 g/mol. The predicted octanol–water partition coefficient (Wildman–Crippen LogP) is 4.16. The predicted molar refractivity (Wildman–Crippen MR) is 101 cm³/mol. The molecule has 2 amide bonds. The van der Waals surface area contributed by atoms with Crippen LogP contribution in [0, 0.1) is 9.39 Å². The molecule has 0 bridgehead atoms. The second kappa shape index (κ2) is 8.23. The van der Waals surface area contributed by atoms with Gasteiger partial charge >= 0.3 is 0 Å². The molecule has 2 aromatic rings. The maximum absolute atomic E-state index is 13.1. The van der Waals surface area contributed by atoms with Crippen LogP contribution in [0.5, 0.6) is 0 Å². The Morgan fingerprint density at radius 1 is 1.12 bits per heavy atom. The first-order valence-electron chi connectivity index (χ1n) is 7.62. The van der Waals surface area contributed by atoms with Crippen molar-refractivity contribution in [3.05, 3.63) is 63.0 Å². The zero-order chi connectivity index (χ0) is 17.7. The van der Waals surface area contributed by atoms with Gasteiger partial charge in [-0.2, -0.15) is 0 Å². The van der Waals surface area contributed by atoms with Crippen LogP contribution in [0.1, 0.15) is 34.6 Å². The largest absolute Gasteiger partial charge is 0.339 e. The fraction of sp³-hybridized carbons (Fsp3) is 0.222. The highest BCUT2D eigenvalue weighted by Gasteiger charge is 2.15. The van der Waals surface area contributed by atoms with E-state index in [4.69, 9.17) is 0 Å². The number of carbonyl (C=O) groups excluding carboxylic acids is 2. The van der Waals surface area contributed by atoms with Crippen molar-refractivity contribution in [1.29, 1.82) is 0 Å². The van der Waals surface area contributed by atoms with E-state index in [2.05, 4.69) is 5.32 Å². The zero-order valence-electron chi connectivity index (χ0n) is 13.5. The van der Waals surface area contributed by atoms with Crippen molar-refractivity contribution in [2.75, 3.05) is 18.4 Å². The summed E-state index contributed by atoms with van der Waals surface area (Å²) in [6.45, 7) is 5.09. The minimum absolute atomic E-state index is 0.0764. The van der Waals surface area contributed by atoms with E-state index in [0.717, 1.165) is 0 Å². The summed E-state index contributed by atoms with van der Waals surface area (Å²) in [5.41, 5.74) is 1.43. The van der Waals surface area contributed by atoms with Gasteiger partial charge < -0.3 is 10.2 Å². The molecule has 0 aliphatic heterocycles. The molecular weight excluding hydrogens is 422 g/mol. The third-order valence-electron chi connectivity index (χ3n) is 3.59. The molecule has 0 aliphatic rings. The van der Waals surface area contributed by atoms with E-state index >= 15 is 0 Å². The van der Waals surface area contributed by atoms with Crippen LogP contribution in [0.4, 0.5) is 10.1 Å². The zero-order valence-corrected chi connectivity index (χ0v) is 15.6. The number of rotatable bonds is 5. The quantitative estimate of drug-likeness (QED) is 0.710. The van der Waals surface area contributed by atoms with Crippen LogP contribution in [-0.4, -0.2) is 29.8 Å². The van der Waals surface area contributed by atoms with E-state index in [9.17, 15) is 14.0 Å². The Balaban J connectivity index is 2.20. The standard InChI is InChI=1S/C18H18FIN2O2/c1-3-22(4-2)18(24)12-6-5-7-14(10-12)21-17(23)15-9-8-13(19)11-16(15)20/h5-11H,3-4H2,1-2H3,(H,21,23). The van der Waals surface area contributed by atoms with Crippen LogP contribution >= 0.6 is 22.6 Å². The van der Waals surface area contributed by atoms with Gasteiger partial charge in [0.1, 0.15) is 5.82 Å². The van der Waals surface area contributed by atoms with Crippen molar-refractivity contribution in [1.82, 2.24) is 4.90 Å². The second-order valence-corrected chi connectivity index (χ2v) is 6.30. The van der Waals surface area contributed by atoms with Crippen molar-refractivity contribution >= 4 is 40.1 Å². The molecule has 126 valence electrons. The maximum Gasteiger partial charge on any atom is 0.256 e. The summed E-state index contributed by atoms with van der Waals surface area (Å²) in [7, 11) is 0. The van der Waals surface area contributed by atoms with E-state index in [-0.39, 0.29) is 17.6 Å². The molecule has 6 heteroatoms. The molecule has 0 saturated carbocycles. The first-order valence-corrected chi connectivity index (χ1v) is 8.69. The average Bonchev–Trinajstić information content (AvgIpc) is 2.56. The van der Waals surface area contributed by atoms with Crippen molar-refractivity contribution < 1.29 is 14.0 Å². The van der Waals surface area contributed by atoms with Crippen molar-refractivity contribution in [3.8, 4) is 0 Å². The maximum atomic E-state index is 13.1. The first-order chi connectivity index (χ1) is 11.5. The van der Waals surface area contributed by atoms with Gasteiger partial charge in [0.2, 0.25) is 0 Å². The highest BCUT2D eigenvalue weighted by Crippen LogP contribution is 2.18. The lowest BCUT2D eigenvalue weighted by atomic mass is 10.1. The van der Waals surface area contributed by atoms with E-state index in [0.29, 0.717) is 33.5 Å². The van der Waals surface area contributed by atoms with E-state index in [1.807, 2.05) is 36.4 Å². The summed E-state index contributed by atoms with van der Waals surface area (Å²) in [6, 6.07) is 10.8.